The van der Waals surface area contributed by atoms with Gasteiger partial charge in [0.25, 0.3) is 0 Å². The van der Waals surface area contributed by atoms with E-state index in [4.69, 9.17) is 0 Å². The average Bonchev–Trinajstić information content (AvgIpc) is 2.10. The van der Waals surface area contributed by atoms with Gasteiger partial charge in [0.15, 0.2) is 0 Å². The fourth-order valence-corrected chi connectivity index (χ4v) is 1.34. The Bertz CT molecular complexity index is 298. The van der Waals surface area contributed by atoms with Crippen molar-refractivity contribution in [3.8, 4) is 6.07 Å². The van der Waals surface area contributed by atoms with E-state index in [-0.39, 0.29) is 16.6 Å². The van der Waals surface area contributed by atoms with Crippen LogP contribution in [0.5, 0.6) is 0 Å². The lowest BCUT2D eigenvalue weighted by Gasteiger charge is -2.36. The third kappa shape index (κ3) is 3.63. The number of carbonyl (C=O) groups excluding carboxylic acids is 1. The zero-order chi connectivity index (χ0) is 13.2. The Morgan fingerprint density at radius 3 is 1.75 bits per heavy atom. The molecule has 0 amide bonds. The fraction of sp³-hybridized carbons (Fsp3) is 0.857. The number of Topliss-reactive ketones (excluding diaryl/α,β-unsaturated/α-hetero) is 1. The second-order valence-corrected chi connectivity index (χ2v) is 6.87. The standard InChI is InChI=1S/C14H25NO/c1-12(2,3)11(16)8-9-14(7,10-15)13(4,5)6/h8-9H2,1-7H3. The van der Waals surface area contributed by atoms with E-state index >= 15 is 0 Å². The van der Waals surface area contributed by atoms with Gasteiger partial charge >= 0.3 is 0 Å². The molecule has 0 fully saturated rings. The molecule has 0 bridgehead atoms. The van der Waals surface area contributed by atoms with Crippen LogP contribution in [0.4, 0.5) is 0 Å². The van der Waals surface area contributed by atoms with Crippen molar-refractivity contribution in [1.29, 1.82) is 5.26 Å². The Balaban J connectivity index is 4.64. The van der Waals surface area contributed by atoms with Gasteiger partial charge in [-0.3, -0.25) is 4.79 Å². The molecule has 0 saturated carbocycles. The summed E-state index contributed by atoms with van der Waals surface area (Å²) in [4.78, 5) is 11.8. The summed E-state index contributed by atoms with van der Waals surface area (Å²) < 4.78 is 0. The smallest absolute Gasteiger partial charge is 0.138 e. The molecule has 0 heterocycles. The molecule has 0 rings (SSSR count). The molecule has 0 saturated heterocycles. The van der Waals surface area contributed by atoms with E-state index in [0.29, 0.717) is 12.8 Å². The molecule has 2 nitrogen and oxygen atoms in total. The molecule has 0 aliphatic heterocycles. The first kappa shape index (κ1) is 15.2. The Morgan fingerprint density at radius 2 is 1.50 bits per heavy atom. The van der Waals surface area contributed by atoms with E-state index < -0.39 is 5.41 Å². The molecule has 16 heavy (non-hydrogen) atoms. The molecule has 0 aliphatic carbocycles. The minimum atomic E-state index is -0.437. The van der Waals surface area contributed by atoms with Crippen LogP contribution in [0, 0.1) is 27.6 Å². The lowest BCUT2D eigenvalue weighted by molar-refractivity contribution is -0.127. The molecule has 92 valence electrons. The number of carbonyl (C=O) groups is 1. The van der Waals surface area contributed by atoms with E-state index in [1.807, 2.05) is 27.7 Å². The lowest BCUT2D eigenvalue weighted by atomic mass is 9.65. The molecule has 0 aromatic rings. The molecular formula is C14H25NO. The SMILES string of the molecule is CC(C)(C)C(=O)CCC(C)(C#N)C(C)(C)C. The highest BCUT2D eigenvalue weighted by atomic mass is 16.1. The number of hydrogen-bond acceptors (Lipinski definition) is 2. The monoisotopic (exact) mass is 223 g/mol. The van der Waals surface area contributed by atoms with Gasteiger partial charge in [-0.25, -0.2) is 0 Å². The molecule has 0 aromatic carbocycles. The molecule has 1 unspecified atom stereocenters. The van der Waals surface area contributed by atoms with Crippen molar-refractivity contribution in [2.24, 2.45) is 16.2 Å². The van der Waals surface area contributed by atoms with Crippen molar-refractivity contribution < 1.29 is 4.79 Å². The Labute approximate surface area is 100 Å². The second-order valence-electron chi connectivity index (χ2n) is 6.87. The molecule has 0 aliphatic rings. The van der Waals surface area contributed by atoms with Gasteiger partial charge in [-0.2, -0.15) is 5.26 Å². The lowest BCUT2D eigenvalue weighted by Crippen LogP contribution is -2.33. The van der Waals surface area contributed by atoms with Crippen molar-refractivity contribution in [3.63, 3.8) is 0 Å². The molecular weight excluding hydrogens is 198 g/mol. The van der Waals surface area contributed by atoms with Gasteiger partial charge in [-0.15, -0.1) is 0 Å². The van der Waals surface area contributed by atoms with Crippen LogP contribution in [0.15, 0.2) is 0 Å². The van der Waals surface area contributed by atoms with Gasteiger partial charge in [0.2, 0.25) is 0 Å². The van der Waals surface area contributed by atoms with Gasteiger partial charge in [0, 0.05) is 11.8 Å². The predicted molar refractivity (Wildman–Crippen MR) is 66.9 cm³/mol. The van der Waals surface area contributed by atoms with Crippen LogP contribution in [-0.2, 0) is 4.79 Å². The zero-order valence-corrected chi connectivity index (χ0v) is 11.8. The summed E-state index contributed by atoms with van der Waals surface area (Å²) in [6.45, 7) is 13.9. The Morgan fingerprint density at radius 1 is 1.06 bits per heavy atom. The molecule has 2 heteroatoms. The Hall–Kier alpha value is -0.840. The van der Waals surface area contributed by atoms with Crippen LogP contribution in [-0.4, -0.2) is 5.78 Å². The number of ketones is 1. The van der Waals surface area contributed by atoms with Gasteiger partial charge in [-0.05, 0) is 18.8 Å². The fourth-order valence-electron chi connectivity index (χ4n) is 1.34. The largest absolute Gasteiger partial charge is 0.299 e. The van der Waals surface area contributed by atoms with Gasteiger partial charge in [0.05, 0.1) is 11.5 Å². The minimum absolute atomic E-state index is 0.0973. The summed E-state index contributed by atoms with van der Waals surface area (Å²) in [5, 5.41) is 9.28. The number of nitriles is 1. The topological polar surface area (TPSA) is 40.9 Å². The van der Waals surface area contributed by atoms with Gasteiger partial charge in [0.1, 0.15) is 5.78 Å². The van der Waals surface area contributed by atoms with Crippen LogP contribution in [0.25, 0.3) is 0 Å². The summed E-state index contributed by atoms with van der Waals surface area (Å²) in [5.74, 6) is 0.234. The van der Waals surface area contributed by atoms with Crippen molar-refractivity contribution in [3.05, 3.63) is 0 Å². The molecule has 0 aromatic heterocycles. The van der Waals surface area contributed by atoms with Crippen LogP contribution in [0.3, 0.4) is 0 Å². The first-order valence-electron chi connectivity index (χ1n) is 5.88. The molecule has 0 spiro atoms. The quantitative estimate of drug-likeness (QED) is 0.726. The highest BCUT2D eigenvalue weighted by Gasteiger charge is 2.38. The first-order chi connectivity index (χ1) is 6.94. The maximum atomic E-state index is 11.8. The zero-order valence-electron chi connectivity index (χ0n) is 11.8. The summed E-state index contributed by atoms with van der Waals surface area (Å²) in [5.41, 5.74) is -0.831. The van der Waals surface area contributed by atoms with E-state index in [0.717, 1.165) is 0 Å². The summed E-state index contributed by atoms with van der Waals surface area (Å²) in [7, 11) is 0. The third-order valence-electron chi connectivity index (χ3n) is 3.59. The Kier molecular flexibility index (Phi) is 4.33. The second kappa shape index (κ2) is 4.57. The van der Waals surface area contributed by atoms with Gasteiger partial charge < -0.3 is 0 Å². The third-order valence-corrected chi connectivity index (χ3v) is 3.59. The highest BCUT2D eigenvalue weighted by molar-refractivity contribution is 5.83. The van der Waals surface area contributed by atoms with Crippen LogP contribution in [0.1, 0.15) is 61.3 Å². The predicted octanol–water partition coefficient (Wildman–Crippen LogP) is 3.96. The average molecular weight is 223 g/mol. The van der Waals surface area contributed by atoms with E-state index in [1.54, 1.807) is 0 Å². The van der Waals surface area contributed by atoms with Crippen molar-refractivity contribution >= 4 is 5.78 Å². The number of hydrogen-bond donors (Lipinski definition) is 0. The minimum Gasteiger partial charge on any atom is -0.299 e. The van der Waals surface area contributed by atoms with Crippen molar-refractivity contribution in [1.82, 2.24) is 0 Å². The summed E-state index contributed by atoms with van der Waals surface area (Å²) in [6.07, 6.45) is 1.13. The number of rotatable bonds is 3. The first-order valence-corrected chi connectivity index (χ1v) is 5.88. The highest BCUT2D eigenvalue weighted by Crippen LogP contribution is 2.42. The van der Waals surface area contributed by atoms with E-state index in [2.05, 4.69) is 26.8 Å². The van der Waals surface area contributed by atoms with E-state index in [9.17, 15) is 10.1 Å². The van der Waals surface area contributed by atoms with Crippen molar-refractivity contribution in [2.45, 2.75) is 61.3 Å². The van der Waals surface area contributed by atoms with Gasteiger partial charge in [-0.1, -0.05) is 41.5 Å². The molecule has 0 N–H and O–H groups in total. The van der Waals surface area contributed by atoms with Crippen molar-refractivity contribution in [2.75, 3.05) is 0 Å². The maximum Gasteiger partial charge on any atom is 0.138 e. The maximum absolute atomic E-state index is 11.8. The summed E-state index contributed by atoms with van der Waals surface area (Å²) in [6, 6.07) is 2.37. The van der Waals surface area contributed by atoms with Crippen LogP contribution in [0.2, 0.25) is 0 Å². The number of nitrogens with zero attached hydrogens (tertiary/aromatic N) is 1. The van der Waals surface area contributed by atoms with Crippen LogP contribution < -0.4 is 0 Å². The molecule has 0 radical (unpaired) electrons. The van der Waals surface area contributed by atoms with E-state index in [1.165, 1.54) is 0 Å². The normalized spacial score (nSPS) is 16.4. The van der Waals surface area contributed by atoms with Crippen LogP contribution >= 0.6 is 0 Å². The molecule has 1 atom stereocenters. The summed E-state index contributed by atoms with van der Waals surface area (Å²) >= 11 is 0.